The molecule has 7 unspecified atom stereocenters. The molecule has 9 nitrogen and oxygen atoms in total. The first kappa shape index (κ1) is 31.3. The molecule has 6 heterocycles. The molecule has 7 aliphatic rings. The average Bonchev–Trinajstić information content (AvgIpc) is 4.03. The van der Waals surface area contributed by atoms with Crippen LogP contribution in [0.3, 0.4) is 0 Å². The number of aromatic nitrogens is 3. The molecule has 0 aromatic carbocycles. The van der Waals surface area contributed by atoms with Gasteiger partial charge < -0.3 is 4.74 Å². The number of fused-ring (bicyclic) bond motifs is 7. The van der Waals surface area contributed by atoms with Gasteiger partial charge in [0.15, 0.2) is 0 Å². The molecule has 2 aromatic rings. The molecule has 0 amide bonds. The van der Waals surface area contributed by atoms with E-state index in [-0.39, 0.29) is 17.7 Å². The van der Waals surface area contributed by atoms with Gasteiger partial charge in [-0.15, -0.1) is 5.10 Å². The molecule has 2 aromatic heterocycles. The average molecular weight is 661 g/mol. The number of pyridine rings is 1. The fourth-order valence-electron chi connectivity index (χ4n) is 10.9. The monoisotopic (exact) mass is 660 g/mol. The van der Waals surface area contributed by atoms with Crippen LogP contribution in [0.1, 0.15) is 115 Å². The van der Waals surface area contributed by atoms with Crippen LogP contribution in [0.2, 0.25) is 0 Å². The Kier molecular flexibility index (Phi) is 8.17. The molecule has 8 atom stereocenters. The largest absolute Gasteiger partial charge is 0.477 e. The summed E-state index contributed by atoms with van der Waals surface area (Å²) in [6.07, 6.45) is 21.5. The van der Waals surface area contributed by atoms with Crippen molar-refractivity contribution < 1.29 is 4.74 Å². The lowest BCUT2D eigenvalue weighted by molar-refractivity contribution is 0.00921. The second-order valence-electron chi connectivity index (χ2n) is 16.8. The van der Waals surface area contributed by atoms with Gasteiger partial charge in [0.05, 0.1) is 36.0 Å². The van der Waals surface area contributed by atoms with E-state index in [1.165, 1.54) is 76.3 Å². The molecular weight excluding hydrogens is 605 g/mol. The summed E-state index contributed by atoms with van der Waals surface area (Å²) in [5.74, 6) is 2.93. The molecule has 256 valence electrons. The fraction of sp³-hybridized carbons (Fsp3) is 0.784. The summed E-state index contributed by atoms with van der Waals surface area (Å²) >= 11 is 1.90. The first-order valence-electron chi connectivity index (χ1n) is 18.9. The van der Waals surface area contributed by atoms with E-state index in [4.69, 9.17) is 14.8 Å². The second-order valence-corrected chi connectivity index (χ2v) is 17.9. The smallest absolute Gasteiger partial charge is 0.232 e. The summed E-state index contributed by atoms with van der Waals surface area (Å²) in [6.45, 7) is 7.91. The summed E-state index contributed by atoms with van der Waals surface area (Å²) in [5, 5.41) is 17.5. The molecule has 4 aliphatic heterocycles. The summed E-state index contributed by atoms with van der Waals surface area (Å²) in [5.41, 5.74) is 2.82. The van der Waals surface area contributed by atoms with Crippen LogP contribution in [0.15, 0.2) is 36.7 Å². The van der Waals surface area contributed by atoms with E-state index >= 15 is 0 Å². The maximum Gasteiger partial charge on any atom is 0.232 e. The molecule has 7 fully saturated rings. The lowest BCUT2D eigenvalue weighted by Crippen LogP contribution is -2.60. The van der Waals surface area contributed by atoms with Crippen molar-refractivity contribution >= 4 is 11.9 Å². The Hall–Kier alpha value is -1.69. The number of rotatable bonds is 6. The lowest BCUT2D eigenvalue weighted by atomic mass is 9.89. The van der Waals surface area contributed by atoms with Crippen molar-refractivity contribution in [3.63, 3.8) is 0 Å². The zero-order chi connectivity index (χ0) is 31.6. The van der Waals surface area contributed by atoms with Crippen molar-refractivity contribution in [3.05, 3.63) is 42.4 Å². The minimum Gasteiger partial charge on any atom is -0.477 e. The van der Waals surface area contributed by atoms with Crippen molar-refractivity contribution in [3.8, 4) is 5.88 Å². The zero-order valence-electron chi connectivity index (χ0n) is 28.5. The maximum atomic E-state index is 6.26. The van der Waals surface area contributed by atoms with Crippen LogP contribution >= 0.6 is 11.9 Å². The third-order valence-corrected chi connectivity index (χ3v) is 14.6. The molecule has 47 heavy (non-hydrogen) atoms. The van der Waals surface area contributed by atoms with E-state index in [2.05, 4.69) is 68.5 Å². The Morgan fingerprint density at radius 3 is 2.64 bits per heavy atom. The Labute approximate surface area is 285 Å². The Balaban J connectivity index is 0.889. The van der Waals surface area contributed by atoms with Gasteiger partial charge in [0.2, 0.25) is 5.88 Å². The topological polar surface area (TPSA) is 91.3 Å². The van der Waals surface area contributed by atoms with E-state index in [0.717, 1.165) is 55.2 Å². The van der Waals surface area contributed by atoms with Gasteiger partial charge >= 0.3 is 0 Å². The summed E-state index contributed by atoms with van der Waals surface area (Å²) in [6, 6.07) is 8.72. The molecule has 9 rings (SSSR count). The standard InChI is InChI=1S/C37H56N8OS/c1-35(2)22-25-9-11-28(27-6-3-4-19-38-27)40-30-7-5-8-33(41-30)47-39-23-26-10-12-31(42-34(26)44(35)24-25)45-20-13-32(43-45)46-21-14-29-36(15-16-36)37(29)17-18-37/h3-4,6,13,19-20,25-26,28-31,33-34,39-42H,5,7-12,14-18,21-24H2,1-2H3/t25-,26?,28?,30?,31?,33?,34?/m0/s1. The molecule has 3 saturated carbocycles. The van der Waals surface area contributed by atoms with Crippen molar-refractivity contribution in [1.82, 2.24) is 40.3 Å². The Morgan fingerprint density at radius 2 is 1.83 bits per heavy atom. The quantitative estimate of drug-likeness (QED) is 0.281. The number of ether oxygens (including phenoxy) is 1. The van der Waals surface area contributed by atoms with Gasteiger partial charge in [-0.05, 0) is 132 Å². The van der Waals surface area contributed by atoms with Crippen molar-refractivity contribution in [2.24, 2.45) is 28.6 Å². The Morgan fingerprint density at radius 1 is 0.957 bits per heavy atom. The fourth-order valence-corrected chi connectivity index (χ4v) is 12.0. The second kappa shape index (κ2) is 12.3. The van der Waals surface area contributed by atoms with Gasteiger partial charge in [0.1, 0.15) is 6.17 Å². The van der Waals surface area contributed by atoms with Crippen LogP contribution in [0, 0.1) is 28.6 Å². The van der Waals surface area contributed by atoms with Gasteiger partial charge in [-0.1, -0.05) is 18.0 Å². The van der Waals surface area contributed by atoms with Crippen molar-refractivity contribution in [2.75, 3.05) is 19.7 Å². The highest BCUT2D eigenvalue weighted by atomic mass is 32.2. The predicted molar refractivity (Wildman–Crippen MR) is 186 cm³/mol. The van der Waals surface area contributed by atoms with E-state index < -0.39 is 0 Å². The number of nitrogens with zero attached hydrogens (tertiary/aromatic N) is 4. The molecule has 0 radical (unpaired) electrons. The van der Waals surface area contributed by atoms with E-state index in [1.807, 2.05) is 24.2 Å². The van der Waals surface area contributed by atoms with Crippen LogP contribution < -0.4 is 25.4 Å². The van der Waals surface area contributed by atoms with Crippen LogP contribution in [-0.4, -0.2) is 62.6 Å². The van der Waals surface area contributed by atoms with Crippen molar-refractivity contribution in [2.45, 2.75) is 133 Å². The molecule has 4 saturated heterocycles. The first-order valence-corrected chi connectivity index (χ1v) is 19.8. The normalized spacial score (nSPS) is 38.7. The van der Waals surface area contributed by atoms with Crippen LogP contribution in [0.25, 0.3) is 0 Å². The number of piperidine rings is 2. The highest BCUT2D eigenvalue weighted by Crippen LogP contribution is 2.93. The van der Waals surface area contributed by atoms with Gasteiger partial charge in [-0.3, -0.25) is 35.2 Å². The summed E-state index contributed by atoms with van der Waals surface area (Å²) in [7, 11) is 0. The van der Waals surface area contributed by atoms with Crippen LogP contribution in [0.4, 0.5) is 0 Å². The molecule has 10 heteroatoms. The predicted octanol–water partition coefficient (Wildman–Crippen LogP) is 5.95. The van der Waals surface area contributed by atoms with Crippen LogP contribution in [-0.2, 0) is 0 Å². The van der Waals surface area contributed by atoms with Gasteiger partial charge in [0.25, 0.3) is 0 Å². The van der Waals surface area contributed by atoms with Crippen molar-refractivity contribution in [1.29, 1.82) is 0 Å². The molecule has 4 bridgehead atoms. The van der Waals surface area contributed by atoms with Gasteiger partial charge in [-0.25, -0.2) is 0 Å². The summed E-state index contributed by atoms with van der Waals surface area (Å²) in [4.78, 5) is 7.62. The zero-order valence-corrected chi connectivity index (χ0v) is 29.3. The molecular formula is C37H56N8OS. The van der Waals surface area contributed by atoms with Crippen LogP contribution in [0.5, 0.6) is 5.88 Å². The Bertz CT molecular complexity index is 1380. The minimum atomic E-state index is 0.137. The first-order chi connectivity index (χ1) is 22.9. The van der Waals surface area contributed by atoms with E-state index in [9.17, 15) is 0 Å². The highest BCUT2D eigenvalue weighted by molar-refractivity contribution is 7.98. The SMILES string of the molecule is CC1(C)C[C@@H]2CCC(c3ccccn3)NC3CCCC(N3)SNCC3CCC(n4ccc(OCCC5C6(CC6)C56CC6)n4)NC3N1C2. The third-order valence-electron chi connectivity index (χ3n) is 13.6. The number of hydrogen-bond acceptors (Lipinski definition) is 9. The number of hydrogen-bond donors (Lipinski definition) is 4. The minimum absolute atomic E-state index is 0.137. The third kappa shape index (κ3) is 5.97. The number of nitrogens with one attached hydrogen (secondary N) is 4. The molecule has 2 spiro atoms. The maximum absolute atomic E-state index is 6.26. The van der Waals surface area contributed by atoms with E-state index in [1.54, 1.807) is 0 Å². The summed E-state index contributed by atoms with van der Waals surface area (Å²) < 4.78 is 12.3. The highest BCUT2D eigenvalue weighted by Gasteiger charge is 2.85. The lowest BCUT2D eigenvalue weighted by Gasteiger charge is -2.47. The molecule has 3 aliphatic carbocycles. The molecule has 4 N–H and O–H groups in total. The van der Waals surface area contributed by atoms with E-state index in [0.29, 0.717) is 29.5 Å². The van der Waals surface area contributed by atoms with Gasteiger partial charge in [0, 0.05) is 43.0 Å². The van der Waals surface area contributed by atoms with Gasteiger partial charge in [-0.2, -0.15) is 0 Å².